The van der Waals surface area contributed by atoms with Crippen LogP contribution in [0.3, 0.4) is 0 Å². The summed E-state index contributed by atoms with van der Waals surface area (Å²) in [6, 6.07) is 14.3. The van der Waals surface area contributed by atoms with Gasteiger partial charge >= 0.3 is 0 Å². The molecule has 0 bridgehead atoms. The lowest BCUT2D eigenvalue weighted by molar-refractivity contribution is -0.113. The van der Waals surface area contributed by atoms with E-state index in [1.807, 2.05) is 0 Å². The molecule has 0 saturated carbocycles. The molecule has 3 aromatic rings. The molecule has 0 unspecified atom stereocenters. The Morgan fingerprint density at radius 3 is 2.50 bits per heavy atom. The van der Waals surface area contributed by atoms with E-state index in [0.29, 0.717) is 32.8 Å². The molecule has 140 valence electrons. The van der Waals surface area contributed by atoms with Gasteiger partial charge in [0.05, 0.1) is 15.6 Å². The highest BCUT2D eigenvalue weighted by Gasteiger charge is 2.36. The number of thioether (sulfide) groups is 1. The van der Waals surface area contributed by atoms with Crippen molar-refractivity contribution in [3.05, 3.63) is 75.3 Å². The lowest BCUT2D eigenvalue weighted by Gasteiger charge is -2.11. The molecule has 0 atom stereocenters. The van der Waals surface area contributed by atoms with Crippen LogP contribution in [0, 0.1) is 0 Å². The normalized spacial score (nSPS) is 15.6. The Labute approximate surface area is 174 Å². The van der Waals surface area contributed by atoms with Crippen molar-refractivity contribution in [2.75, 3.05) is 4.90 Å². The molecule has 4 rings (SSSR count). The fraction of sp³-hybridized carbons (Fsp3) is 0. The minimum absolute atomic E-state index is 0.0501. The average Bonchev–Trinajstić information content (AvgIpc) is 3.23. The number of furan rings is 1. The molecule has 0 aliphatic carbocycles. The third kappa shape index (κ3) is 3.54. The lowest BCUT2D eigenvalue weighted by Crippen LogP contribution is -2.27. The van der Waals surface area contributed by atoms with E-state index < -0.39 is 11.1 Å². The molecular weight excluding hydrogens is 421 g/mol. The number of hydrogen-bond acceptors (Lipinski definition) is 5. The Morgan fingerprint density at radius 1 is 1.00 bits per heavy atom. The monoisotopic (exact) mass is 431 g/mol. The number of rotatable bonds is 3. The first kappa shape index (κ1) is 18.7. The molecule has 28 heavy (non-hydrogen) atoms. The molecule has 1 aromatic heterocycles. The van der Waals surface area contributed by atoms with E-state index in [9.17, 15) is 14.7 Å². The molecule has 0 radical (unpaired) electrons. The molecule has 1 saturated heterocycles. The van der Waals surface area contributed by atoms with Crippen molar-refractivity contribution >= 4 is 57.9 Å². The number of phenols is 1. The van der Waals surface area contributed by atoms with Crippen LogP contribution in [0.5, 0.6) is 5.75 Å². The lowest BCUT2D eigenvalue weighted by atomic mass is 10.2. The first-order valence-corrected chi connectivity index (χ1v) is 9.62. The first-order chi connectivity index (χ1) is 13.4. The fourth-order valence-corrected chi connectivity index (χ4v) is 3.89. The Hall–Kier alpha value is -2.67. The largest absolute Gasteiger partial charge is 0.508 e. The van der Waals surface area contributed by atoms with Crippen molar-refractivity contribution in [3.8, 4) is 17.1 Å². The van der Waals surface area contributed by atoms with Crippen molar-refractivity contribution in [2.24, 2.45) is 0 Å². The predicted octanol–water partition coefficient (Wildman–Crippen LogP) is 6.20. The van der Waals surface area contributed by atoms with Gasteiger partial charge in [0, 0.05) is 16.7 Å². The van der Waals surface area contributed by atoms with Gasteiger partial charge in [-0.3, -0.25) is 9.59 Å². The maximum absolute atomic E-state index is 12.7. The zero-order chi connectivity index (χ0) is 19.8. The highest BCUT2D eigenvalue weighted by Crippen LogP contribution is 2.37. The summed E-state index contributed by atoms with van der Waals surface area (Å²) in [5.74, 6) is 0.493. The molecule has 0 spiro atoms. The van der Waals surface area contributed by atoms with Crippen LogP contribution in [-0.2, 0) is 4.79 Å². The molecule has 2 heterocycles. The third-order valence-electron chi connectivity index (χ3n) is 4.00. The summed E-state index contributed by atoms with van der Waals surface area (Å²) < 4.78 is 5.76. The highest BCUT2D eigenvalue weighted by atomic mass is 35.5. The second-order valence-electron chi connectivity index (χ2n) is 5.86. The summed E-state index contributed by atoms with van der Waals surface area (Å²) >= 11 is 13.0. The van der Waals surface area contributed by atoms with Crippen LogP contribution in [0.25, 0.3) is 17.4 Å². The van der Waals surface area contributed by atoms with Gasteiger partial charge in [0.15, 0.2) is 0 Å². The Morgan fingerprint density at radius 2 is 1.75 bits per heavy atom. The van der Waals surface area contributed by atoms with Crippen LogP contribution < -0.4 is 4.90 Å². The molecule has 1 N–H and O–H groups in total. The summed E-state index contributed by atoms with van der Waals surface area (Å²) in [4.78, 5) is 26.2. The molecule has 2 aromatic carbocycles. The van der Waals surface area contributed by atoms with Gasteiger partial charge < -0.3 is 9.52 Å². The average molecular weight is 432 g/mol. The van der Waals surface area contributed by atoms with Gasteiger partial charge in [0.25, 0.3) is 11.1 Å². The number of halogens is 2. The van der Waals surface area contributed by atoms with Gasteiger partial charge in [0.1, 0.15) is 17.3 Å². The summed E-state index contributed by atoms with van der Waals surface area (Å²) in [6.07, 6.45) is 1.51. The standard InChI is InChI=1S/C20H11Cl2NO4S/c21-11-1-7-16(22)15(9-11)17-8-6-14(27-17)10-18-19(25)23(20(26)28-18)12-2-4-13(24)5-3-12/h1-10,24H/b18-10+. The number of carbonyl (C=O) groups is 2. The molecule has 8 heteroatoms. The second-order valence-corrected chi connectivity index (χ2v) is 7.70. The maximum atomic E-state index is 12.7. The van der Waals surface area contributed by atoms with E-state index in [4.69, 9.17) is 27.6 Å². The Balaban J connectivity index is 1.62. The summed E-state index contributed by atoms with van der Waals surface area (Å²) in [5.41, 5.74) is 1.01. The zero-order valence-corrected chi connectivity index (χ0v) is 16.4. The van der Waals surface area contributed by atoms with E-state index in [0.717, 1.165) is 16.7 Å². The topological polar surface area (TPSA) is 70.8 Å². The minimum Gasteiger partial charge on any atom is -0.508 e. The molecule has 2 amide bonds. The van der Waals surface area contributed by atoms with E-state index in [2.05, 4.69) is 0 Å². The second kappa shape index (κ2) is 7.39. The Bertz CT molecular complexity index is 1120. The molecule has 1 fully saturated rings. The number of aromatic hydroxyl groups is 1. The zero-order valence-electron chi connectivity index (χ0n) is 14.1. The van der Waals surface area contributed by atoms with Crippen molar-refractivity contribution in [2.45, 2.75) is 0 Å². The van der Waals surface area contributed by atoms with Gasteiger partial charge in [-0.25, -0.2) is 4.90 Å². The van der Waals surface area contributed by atoms with Crippen LogP contribution in [0.4, 0.5) is 10.5 Å². The first-order valence-electron chi connectivity index (χ1n) is 8.04. The number of hydrogen-bond donors (Lipinski definition) is 1. The maximum Gasteiger partial charge on any atom is 0.298 e. The quantitative estimate of drug-likeness (QED) is 0.499. The van der Waals surface area contributed by atoms with Crippen LogP contribution in [-0.4, -0.2) is 16.3 Å². The minimum atomic E-state index is -0.459. The number of phenolic OH excluding ortho intramolecular Hbond substituents is 1. The van der Waals surface area contributed by atoms with E-state index >= 15 is 0 Å². The van der Waals surface area contributed by atoms with Gasteiger partial charge in [-0.05, 0) is 66.4 Å². The Kier molecular flexibility index (Phi) is 4.93. The number of carbonyl (C=O) groups excluding carboxylic acids is 2. The van der Waals surface area contributed by atoms with Crippen LogP contribution in [0.2, 0.25) is 10.0 Å². The van der Waals surface area contributed by atoms with Gasteiger partial charge in [0.2, 0.25) is 0 Å². The van der Waals surface area contributed by atoms with E-state index in [-0.39, 0.29) is 10.7 Å². The van der Waals surface area contributed by atoms with Gasteiger partial charge in [-0.2, -0.15) is 0 Å². The molecule has 5 nitrogen and oxygen atoms in total. The smallest absolute Gasteiger partial charge is 0.298 e. The van der Waals surface area contributed by atoms with Crippen LogP contribution in [0.15, 0.2) is 63.9 Å². The summed E-state index contributed by atoms with van der Waals surface area (Å²) in [5, 5.41) is 9.96. The number of amides is 2. The number of benzene rings is 2. The van der Waals surface area contributed by atoms with E-state index in [1.54, 1.807) is 30.3 Å². The van der Waals surface area contributed by atoms with Crippen LogP contribution >= 0.6 is 35.0 Å². The predicted molar refractivity (Wildman–Crippen MR) is 111 cm³/mol. The molecule has 1 aliphatic rings. The van der Waals surface area contributed by atoms with Crippen molar-refractivity contribution < 1.29 is 19.1 Å². The molecular formula is C20H11Cl2NO4S. The number of nitrogens with zero attached hydrogens (tertiary/aromatic N) is 1. The fourth-order valence-electron chi connectivity index (χ4n) is 2.68. The number of imide groups is 1. The van der Waals surface area contributed by atoms with Gasteiger partial charge in [-0.1, -0.05) is 23.2 Å². The van der Waals surface area contributed by atoms with Crippen LogP contribution in [0.1, 0.15) is 5.76 Å². The van der Waals surface area contributed by atoms with Crippen molar-refractivity contribution in [1.29, 1.82) is 0 Å². The SMILES string of the molecule is O=C1S/C(=C/c2ccc(-c3cc(Cl)ccc3Cl)o2)C(=O)N1c1ccc(O)cc1. The third-order valence-corrected chi connectivity index (χ3v) is 5.43. The number of anilines is 1. The van der Waals surface area contributed by atoms with E-state index in [1.165, 1.54) is 30.3 Å². The summed E-state index contributed by atoms with van der Waals surface area (Å²) in [6.45, 7) is 0. The van der Waals surface area contributed by atoms with Gasteiger partial charge in [-0.15, -0.1) is 0 Å². The summed E-state index contributed by atoms with van der Waals surface area (Å²) in [7, 11) is 0. The molecule has 1 aliphatic heterocycles. The highest BCUT2D eigenvalue weighted by molar-refractivity contribution is 8.19. The van der Waals surface area contributed by atoms with Crippen molar-refractivity contribution in [3.63, 3.8) is 0 Å². The van der Waals surface area contributed by atoms with Crippen molar-refractivity contribution in [1.82, 2.24) is 0 Å².